The summed E-state index contributed by atoms with van der Waals surface area (Å²) in [5.41, 5.74) is 0. The highest BCUT2D eigenvalue weighted by Gasteiger charge is 2.44. The van der Waals surface area contributed by atoms with Crippen LogP contribution < -0.4 is 0 Å². The van der Waals surface area contributed by atoms with Crippen molar-refractivity contribution < 1.29 is 18.9 Å². The van der Waals surface area contributed by atoms with Gasteiger partial charge in [0, 0.05) is 25.7 Å². The lowest BCUT2D eigenvalue weighted by Crippen LogP contribution is -2.47. The summed E-state index contributed by atoms with van der Waals surface area (Å²) in [6.07, 6.45) is 12.9. The molecule has 0 radical (unpaired) electrons. The third-order valence-electron chi connectivity index (χ3n) is 5.27. The number of rotatable bonds is 18. The highest BCUT2D eigenvalue weighted by Crippen LogP contribution is 2.38. The third-order valence-corrected chi connectivity index (χ3v) is 5.27. The van der Waals surface area contributed by atoms with Crippen LogP contribution in [0.15, 0.2) is 0 Å². The zero-order valence-corrected chi connectivity index (χ0v) is 18.1. The molecule has 0 N–H and O–H groups in total. The quantitative estimate of drug-likeness (QED) is 0.166. The molecule has 3 atom stereocenters. The maximum Gasteiger partial charge on any atom is 0.285 e. The van der Waals surface area contributed by atoms with E-state index in [2.05, 4.69) is 13.8 Å². The Balaban J connectivity index is 2.67. The molecular weight excluding hydrogens is 328 g/mol. The first-order chi connectivity index (χ1) is 12.7. The highest BCUT2D eigenvalue weighted by molar-refractivity contribution is 4.86. The van der Waals surface area contributed by atoms with Crippen LogP contribution in [0.3, 0.4) is 0 Å². The van der Waals surface area contributed by atoms with Crippen molar-refractivity contribution in [2.45, 2.75) is 117 Å². The van der Waals surface area contributed by atoms with Gasteiger partial charge < -0.3 is 18.9 Å². The van der Waals surface area contributed by atoms with Gasteiger partial charge in [0.2, 0.25) is 0 Å². The third kappa shape index (κ3) is 8.24. The monoisotopic (exact) mass is 372 g/mol. The van der Waals surface area contributed by atoms with Crippen molar-refractivity contribution in [3.63, 3.8) is 0 Å². The van der Waals surface area contributed by atoms with Gasteiger partial charge in [0.15, 0.2) is 0 Å². The summed E-state index contributed by atoms with van der Waals surface area (Å²) < 4.78 is 24.1. The van der Waals surface area contributed by atoms with Crippen LogP contribution in [0.5, 0.6) is 0 Å². The molecule has 0 amide bonds. The summed E-state index contributed by atoms with van der Waals surface area (Å²) in [4.78, 5) is 0. The molecule has 0 saturated carbocycles. The second-order valence-corrected chi connectivity index (χ2v) is 7.38. The fourth-order valence-corrected chi connectivity index (χ4v) is 3.86. The molecule has 4 heteroatoms. The molecular formula is C22H44O4. The lowest BCUT2D eigenvalue weighted by atomic mass is 9.91. The van der Waals surface area contributed by atoms with Crippen molar-refractivity contribution in [2.75, 3.05) is 19.8 Å². The van der Waals surface area contributed by atoms with Crippen molar-refractivity contribution in [3.05, 3.63) is 0 Å². The van der Waals surface area contributed by atoms with Crippen LogP contribution in [-0.2, 0) is 18.9 Å². The molecule has 26 heavy (non-hydrogen) atoms. The Bertz CT molecular complexity index is 317. The molecule has 3 unspecified atom stereocenters. The summed E-state index contributed by atoms with van der Waals surface area (Å²) in [5, 5.41) is 0. The zero-order valence-electron chi connectivity index (χ0n) is 18.1. The lowest BCUT2D eigenvalue weighted by Gasteiger charge is -2.39. The second-order valence-electron chi connectivity index (χ2n) is 7.38. The van der Waals surface area contributed by atoms with Crippen molar-refractivity contribution in [3.8, 4) is 0 Å². The Morgan fingerprint density at radius 3 is 1.81 bits per heavy atom. The van der Waals surface area contributed by atoms with E-state index < -0.39 is 5.97 Å². The molecule has 0 aromatic rings. The summed E-state index contributed by atoms with van der Waals surface area (Å²) in [6, 6.07) is 0. The number of ether oxygens (including phenoxy) is 4. The Labute approximate surface area is 162 Å². The lowest BCUT2D eigenvalue weighted by molar-refractivity contribution is -0.403. The van der Waals surface area contributed by atoms with Crippen molar-refractivity contribution in [1.29, 1.82) is 0 Å². The van der Waals surface area contributed by atoms with E-state index in [4.69, 9.17) is 18.9 Å². The van der Waals surface area contributed by atoms with Gasteiger partial charge in [-0.15, -0.1) is 0 Å². The molecule has 0 bridgehead atoms. The van der Waals surface area contributed by atoms with E-state index >= 15 is 0 Å². The first-order valence-electron chi connectivity index (χ1n) is 11.2. The van der Waals surface area contributed by atoms with Crippen LogP contribution >= 0.6 is 0 Å². The molecule has 0 aromatic heterocycles. The van der Waals surface area contributed by atoms with Gasteiger partial charge >= 0.3 is 0 Å². The number of epoxide rings is 1. The molecule has 0 spiro atoms. The molecule has 1 heterocycles. The molecule has 156 valence electrons. The highest BCUT2D eigenvalue weighted by atomic mass is 16.9. The van der Waals surface area contributed by atoms with E-state index in [0.717, 1.165) is 19.3 Å². The molecule has 1 fully saturated rings. The van der Waals surface area contributed by atoms with Crippen molar-refractivity contribution in [1.82, 2.24) is 0 Å². The first-order valence-corrected chi connectivity index (χ1v) is 11.2. The summed E-state index contributed by atoms with van der Waals surface area (Å²) in [7, 11) is 0. The summed E-state index contributed by atoms with van der Waals surface area (Å²) in [6.45, 7) is 12.4. The molecule has 1 rings (SSSR count). The Kier molecular flexibility index (Phi) is 12.8. The number of unbranched alkanes of at least 4 members (excludes halogenated alkanes) is 4. The average Bonchev–Trinajstić information content (AvgIpc) is 3.38. The van der Waals surface area contributed by atoms with Gasteiger partial charge in [0.1, 0.15) is 0 Å². The van der Waals surface area contributed by atoms with Crippen molar-refractivity contribution in [2.24, 2.45) is 5.92 Å². The maximum atomic E-state index is 6.09. The molecule has 0 aliphatic carbocycles. The normalized spacial score (nSPS) is 21.1. The van der Waals surface area contributed by atoms with Crippen LogP contribution in [0.1, 0.15) is 98.8 Å². The minimum absolute atomic E-state index is 0.259. The van der Waals surface area contributed by atoms with E-state index in [1.165, 1.54) is 44.9 Å². The first kappa shape index (κ1) is 23.9. The fraction of sp³-hybridized carbons (Fsp3) is 1.00. The fourth-order valence-electron chi connectivity index (χ4n) is 3.86. The smallest absolute Gasteiger partial charge is 0.285 e. The molecule has 4 nitrogen and oxygen atoms in total. The number of hydrogen-bond donors (Lipinski definition) is 0. The average molecular weight is 373 g/mol. The standard InChI is InChI=1S/C22H44O4/c1-6-11-13-14-15-19(17-18-21-20(26-21)16-12-7-2)22(23-8-3,24-9-4)25-10-5/h19-21H,6-18H2,1-5H3. The minimum atomic E-state index is -0.891. The van der Waals surface area contributed by atoms with Gasteiger partial charge in [-0.05, 0) is 46.5 Å². The van der Waals surface area contributed by atoms with Gasteiger partial charge in [-0.2, -0.15) is 0 Å². The molecule has 1 saturated heterocycles. The van der Waals surface area contributed by atoms with Crippen LogP contribution in [0, 0.1) is 5.92 Å². The number of hydrogen-bond acceptors (Lipinski definition) is 4. The van der Waals surface area contributed by atoms with E-state index in [-0.39, 0.29) is 5.92 Å². The van der Waals surface area contributed by atoms with Gasteiger partial charge in [0.05, 0.1) is 12.2 Å². The van der Waals surface area contributed by atoms with E-state index in [9.17, 15) is 0 Å². The SMILES string of the molecule is CCCCCCC(CCC1OC1CCCC)C(OCC)(OCC)OCC. The topological polar surface area (TPSA) is 40.2 Å². The minimum Gasteiger partial charge on any atom is -0.370 e. The zero-order chi connectivity index (χ0) is 19.3. The summed E-state index contributed by atoms with van der Waals surface area (Å²) in [5.74, 6) is -0.631. The van der Waals surface area contributed by atoms with E-state index in [0.29, 0.717) is 32.0 Å². The maximum absolute atomic E-state index is 6.09. The van der Waals surface area contributed by atoms with E-state index in [1.54, 1.807) is 0 Å². The van der Waals surface area contributed by atoms with Gasteiger partial charge in [-0.25, -0.2) is 0 Å². The van der Waals surface area contributed by atoms with Crippen molar-refractivity contribution >= 4 is 0 Å². The Morgan fingerprint density at radius 2 is 1.27 bits per heavy atom. The second kappa shape index (κ2) is 13.9. The Hall–Kier alpha value is -0.160. The van der Waals surface area contributed by atoms with Crippen LogP contribution in [0.2, 0.25) is 0 Å². The van der Waals surface area contributed by atoms with Crippen LogP contribution in [0.4, 0.5) is 0 Å². The van der Waals surface area contributed by atoms with Gasteiger partial charge in [-0.3, -0.25) is 0 Å². The van der Waals surface area contributed by atoms with E-state index in [1.807, 2.05) is 20.8 Å². The predicted octanol–water partition coefficient (Wildman–Crippen LogP) is 6.07. The predicted molar refractivity (Wildman–Crippen MR) is 107 cm³/mol. The molecule has 0 aromatic carbocycles. The molecule has 1 aliphatic rings. The van der Waals surface area contributed by atoms with Gasteiger partial charge in [0.25, 0.3) is 5.97 Å². The molecule has 1 aliphatic heterocycles. The summed E-state index contributed by atoms with van der Waals surface area (Å²) >= 11 is 0. The largest absolute Gasteiger partial charge is 0.370 e. The van der Waals surface area contributed by atoms with Crippen LogP contribution in [-0.4, -0.2) is 38.0 Å². The van der Waals surface area contributed by atoms with Crippen LogP contribution in [0.25, 0.3) is 0 Å². The Morgan fingerprint density at radius 1 is 0.692 bits per heavy atom. The van der Waals surface area contributed by atoms with Gasteiger partial charge in [-0.1, -0.05) is 52.4 Å².